The van der Waals surface area contributed by atoms with Crippen molar-refractivity contribution in [3.05, 3.63) is 135 Å². The molecular formula is C35H28Br2N6O5. The number of anilines is 5. The van der Waals surface area contributed by atoms with Crippen molar-refractivity contribution in [2.24, 2.45) is 0 Å². The Hall–Kier alpha value is -5.84. The van der Waals surface area contributed by atoms with Gasteiger partial charge in [-0.05, 0) is 98.9 Å². The van der Waals surface area contributed by atoms with Crippen molar-refractivity contribution in [3.63, 3.8) is 0 Å². The molecule has 0 aromatic heterocycles. The van der Waals surface area contributed by atoms with Crippen molar-refractivity contribution in [1.82, 2.24) is 0 Å². The lowest BCUT2D eigenvalue weighted by Crippen LogP contribution is -2.20. The van der Waals surface area contributed by atoms with Crippen LogP contribution in [0.25, 0.3) is 0 Å². The van der Waals surface area contributed by atoms with Gasteiger partial charge in [0.25, 0.3) is 5.91 Å². The molecule has 0 aliphatic heterocycles. The SMILES string of the molecule is Cc1ccc(NC(=O)Nc2ccccc2Br)c(O)c1C#N.O=C(Nc1ccccc1Br)Nc1cccc(C(=O)Nc2ccccc2)c1O. The molecule has 0 spiro atoms. The van der Waals surface area contributed by atoms with Gasteiger partial charge in [-0.3, -0.25) is 4.79 Å². The summed E-state index contributed by atoms with van der Waals surface area (Å²) in [5.41, 5.74) is 2.93. The van der Waals surface area contributed by atoms with Crippen LogP contribution in [0.1, 0.15) is 21.5 Å². The smallest absolute Gasteiger partial charge is 0.323 e. The molecular weight excluding hydrogens is 744 g/mol. The second kappa shape index (κ2) is 16.6. The number of benzene rings is 5. The second-order valence-electron chi connectivity index (χ2n) is 9.91. The van der Waals surface area contributed by atoms with Crippen LogP contribution in [0.5, 0.6) is 11.5 Å². The summed E-state index contributed by atoms with van der Waals surface area (Å²) in [5.74, 6) is -1.03. The Labute approximate surface area is 292 Å². The number of urea groups is 2. The Balaban J connectivity index is 0.000000224. The van der Waals surface area contributed by atoms with Gasteiger partial charge in [0, 0.05) is 14.6 Å². The Morgan fingerprint density at radius 1 is 0.583 bits per heavy atom. The number of aromatic hydroxyl groups is 2. The predicted molar refractivity (Wildman–Crippen MR) is 194 cm³/mol. The van der Waals surface area contributed by atoms with Gasteiger partial charge in [0.2, 0.25) is 0 Å². The van der Waals surface area contributed by atoms with E-state index in [4.69, 9.17) is 5.26 Å². The van der Waals surface area contributed by atoms with Crippen molar-refractivity contribution >= 4 is 78.3 Å². The molecule has 0 aliphatic carbocycles. The quantitative estimate of drug-likeness (QED) is 0.0848. The van der Waals surface area contributed by atoms with Crippen LogP contribution in [-0.4, -0.2) is 28.2 Å². The van der Waals surface area contributed by atoms with E-state index in [2.05, 4.69) is 58.4 Å². The van der Waals surface area contributed by atoms with Crippen LogP contribution in [0.3, 0.4) is 0 Å². The van der Waals surface area contributed by atoms with Gasteiger partial charge < -0.3 is 36.8 Å². The summed E-state index contributed by atoms with van der Waals surface area (Å²) >= 11 is 6.66. The number of phenols is 2. The highest BCUT2D eigenvalue weighted by Gasteiger charge is 2.17. The van der Waals surface area contributed by atoms with Crippen molar-refractivity contribution in [2.45, 2.75) is 6.92 Å². The Morgan fingerprint density at radius 3 is 1.60 bits per heavy atom. The maximum atomic E-state index is 12.4. The number of aryl methyl sites for hydroxylation is 1. The third-order valence-electron chi connectivity index (χ3n) is 6.55. The number of halogens is 2. The zero-order chi connectivity index (χ0) is 34.6. The number of nitrogens with one attached hydrogen (secondary N) is 5. The van der Waals surface area contributed by atoms with Gasteiger partial charge >= 0.3 is 12.1 Å². The van der Waals surface area contributed by atoms with Crippen molar-refractivity contribution in [2.75, 3.05) is 26.6 Å². The standard InChI is InChI=1S/C20H16BrN3O3.C15H12BrN3O2/c21-15-10-4-5-11-16(15)23-20(27)24-17-12-6-9-14(18(17)25)19(26)22-13-7-2-1-3-8-13;1-9-6-7-13(14(20)10(9)8-17)19-15(21)18-12-5-3-2-4-11(12)16/h1-12,25H,(H,22,26)(H2,23,24,27);2-7,20H,1H3,(H2,18,19,21). The molecule has 0 saturated carbocycles. The third kappa shape index (κ3) is 9.35. The largest absolute Gasteiger partial charge is 0.505 e. The van der Waals surface area contributed by atoms with Crippen molar-refractivity contribution in [1.29, 1.82) is 5.26 Å². The highest BCUT2D eigenvalue weighted by molar-refractivity contribution is 9.11. The molecule has 0 heterocycles. The first-order valence-corrected chi connectivity index (χ1v) is 15.7. The number of amides is 5. The van der Waals surface area contributed by atoms with Crippen LogP contribution >= 0.6 is 31.9 Å². The first-order chi connectivity index (χ1) is 23.1. The van der Waals surface area contributed by atoms with Crippen LogP contribution in [0.2, 0.25) is 0 Å². The van der Waals surface area contributed by atoms with E-state index >= 15 is 0 Å². The lowest BCUT2D eigenvalue weighted by molar-refractivity contribution is 0.102. The van der Waals surface area contributed by atoms with Gasteiger partial charge in [0.05, 0.1) is 33.9 Å². The number of nitrogens with zero attached hydrogens (tertiary/aromatic N) is 1. The van der Waals surface area contributed by atoms with E-state index in [0.717, 1.165) is 8.95 Å². The first kappa shape index (κ1) is 35.0. The maximum absolute atomic E-state index is 12.4. The molecule has 0 radical (unpaired) electrons. The Bertz CT molecular complexity index is 2000. The molecule has 242 valence electrons. The lowest BCUT2D eigenvalue weighted by Gasteiger charge is -2.12. The topological polar surface area (TPSA) is 176 Å². The summed E-state index contributed by atoms with van der Waals surface area (Å²) in [7, 11) is 0. The monoisotopic (exact) mass is 770 g/mol. The molecule has 5 aromatic rings. The summed E-state index contributed by atoms with van der Waals surface area (Å²) in [5, 5.41) is 42.4. The van der Waals surface area contributed by atoms with E-state index in [-0.39, 0.29) is 34.0 Å². The third-order valence-corrected chi connectivity index (χ3v) is 7.93. The lowest BCUT2D eigenvalue weighted by atomic mass is 10.1. The molecule has 48 heavy (non-hydrogen) atoms. The second-order valence-corrected chi connectivity index (χ2v) is 11.6. The number of carbonyl (C=O) groups excluding carboxylic acids is 3. The van der Waals surface area contributed by atoms with E-state index in [1.165, 1.54) is 12.1 Å². The molecule has 5 amide bonds. The molecule has 0 unspecified atom stereocenters. The van der Waals surface area contributed by atoms with Crippen LogP contribution < -0.4 is 26.6 Å². The van der Waals surface area contributed by atoms with Gasteiger partial charge in [0.1, 0.15) is 6.07 Å². The maximum Gasteiger partial charge on any atom is 0.323 e. The van der Waals surface area contributed by atoms with Crippen LogP contribution in [0.4, 0.5) is 38.0 Å². The fraction of sp³-hybridized carbons (Fsp3) is 0.0286. The zero-order valence-corrected chi connectivity index (χ0v) is 28.4. The first-order valence-electron chi connectivity index (χ1n) is 14.1. The van der Waals surface area contributed by atoms with Crippen LogP contribution in [-0.2, 0) is 0 Å². The number of carbonyl (C=O) groups is 3. The molecule has 0 fully saturated rings. The van der Waals surface area contributed by atoms with Gasteiger partial charge in [-0.2, -0.15) is 5.26 Å². The molecule has 7 N–H and O–H groups in total. The van der Waals surface area contributed by atoms with Gasteiger partial charge in [-0.25, -0.2) is 9.59 Å². The number of nitriles is 1. The molecule has 0 bridgehead atoms. The highest BCUT2D eigenvalue weighted by atomic mass is 79.9. The zero-order valence-electron chi connectivity index (χ0n) is 25.2. The van der Waals surface area contributed by atoms with E-state index in [0.29, 0.717) is 22.6 Å². The normalized spacial score (nSPS) is 9.96. The minimum atomic E-state index is -0.544. The fourth-order valence-corrected chi connectivity index (χ4v) is 4.93. The molecule has 0 atom stereocenters. The van der Waals surface area contributed by atoms with Gasteiger partial charge in [-0.1, -0.05) is 54.6 Å². The van der Waals surface area contributed by atoms with Crippen LogP contribution in [0, 0.1) is 18.3 Å². The number of hydrogen-bond acceptors (Lipinski definition) is 6. The van der Waals surface area contributed by atoms with E-state index in [1.807, 2.05) is 24.3 Å². The highest BCUT2D eigenvalue weighted by Crippen LogP contribution is 2.31. The van der Waals surface area contributed by atoms with Gasteiger partial charge in [0.15, 0.2) is 11.5 Å². The van der Waals surface area contributed by atoms with Crippen molar-refractivity contribution in [3.8, 4) is 17.6 Å². The van der Waals surface area contributed by atoms with Crippen molar-refractivity contribution < 1.29 is 24.6 Å². The summed E-state index contributed by atoms with van der Waals surface area (Å²) in [4.78, 5) is 36.5. The van der Waals surface area contributed by atoms with E-state index in [1.54, 1.807) is 85.8 Å². The molecule has 5 aromatic carbocycles. The summed E-state index contributed by atoms with van der Waals surface area (Å²) < 4.78 is 1.46. The Morgan fingerprint density at radius 2 is 1.06 bits per heavy atom. The minimum Gasteiger partial charge on any atom is -0.505 e. The average Bonchev–Trinajstić information content (AvgIpc) is 3.06. The molecule has 11 nitrogen and oxygen atoms in total. The number of phenolic OH excluding ortho intramolecular Hbond substituents is 2. The average molecular weight is 772 g/mol. The molecule has 5 rings (SSSR count). The number of rotatable bonds is 6. The van der Waals surface area contributed by atoms with Crippen LogP contribution in [0.15, 0.2) is 118 Å². The number of hydrogen-bond donors (Lipinski definition) is 7. The molecule has 0 saturated heterocycles. The number of para-hydroxylation sites is 4. The molecule has 0 aliphatic rings. The van der Waals surface area contributed by atoms with Gasteiger partial charge in [-0.15, -0.1) is 0 Å². The summed E-state index contributed by atoms with van der Waals surface area (Å²) in [6.07, 6.45) is 0. The van der Waals surface area contributed by atoms with E-state index < -0.39 is 18.0 Å². The minimum absolute atomic E-state index is 0.0533. The fourth-order valence-electron chi connectivity index (χ4n) is 4.16. The van der Waals surface area contributed by atoms with E-state index in [9.17, 15) is 24.6 Å². The summed E-state index contributed by atoms with van der Waals surface area (Å²) in [6, 6.07) is 31.8. The molecule has 13 heteroatoms. The summed E-state index contributed by atoms with van der Waals surface area (Å²) in [6.45, 7) is 1.71. The predicted octanol–water partition coefficient (Wildman–Crippen LogP) is 9.03. The Kier molecular flexibility index (Phi) is 12.1.